The molecule has 0 saturated carbocycles. The number of para-hydroxylation sites is 1. The van der Waals surface area contributed by atoms with Crippen molar-refractivity contribution in [3.8, 4) is 0 Å². The Morgan fingerprint density at radius 1 is 1.19 bits per heavy atom. The number of amides is 2. The molecule has 6 nitrogen and oxygen atoms in total. The van der Waals surface area contributed by atoms with Gasteiger partial charge in [-0.25, -0.2) is 9.63 Å². The van der Waals surface area contributed by atoms with E-state index in [2.05, 4.69) is 0 Å². The summed E-state index contributed by atoms with van der Waals surface area (Å²) in [5.74, 6) is -0.410. The van der Waals surface area contributed by atoms with Gasteiger partial charge in [-0.15, -0.1) is 5.17 Å². The summed E-state index contributed by atoms with van der Waals surface area (Å²) in [5.41, 5.74) is 1.14. The van der Waals surface area contributed by atoms with Crippen LogP contribution in [0.2, 0.25) is 5.02 Å². The van der Waals surface area contributed by atoms with Gasteiger partial charge < -0.3 is 5.11 Å². The van der Waals surface area contributed by atoms with Crippen molar-refractivity contribution >= 4 is 29.3 Å². The highest BCUT2D eigenvalue weighted by Gasteiger charge is 2.45. The monoisotopic (exact) mass is 374 g/mol. The van der Waals surface area contributed by atoms with E-state index in [0.29, 0.717) is 22.7 Å². The lowest BCUT2D eigenvalue weighted by atomic mass is 9.95. The second-order valence-corrected chi connectivity index (χ2v) is 7.13. The molecule has 7 heteroatoms. The molecule has 3 rings (SSSR count). The Hall–Kier alpha value is -2.57. The van der Waals surface area contributed by atoms with Crippen molar-refractivity contribution in [1.29, 1.82) is 0 Å². The van der Waals surface area contributed by atoms with Crippen LogP contribution in [0.5, 0.6) is 0 Å². The lowest BCUT2D eigenvalue weighted by Crippen LogP contribution is -2.48. The van der Waals surface area contributed by atoms with E-state index in [1.165, 1.54) is 0 Å². The minimum atomic E-state index is -1.30. The first kappa shape index (κ1) is 18.2. The number of halogens is 1. The van der Waals surface area contributed by atoms with Gasteiger partial charge in [0.2, 0.25) is 0 Å². The Balaban J connectivity index is 2.00. The van der Waals surface area contributed by atoms with Crippen molar-refractivity contribution in [3.63, 3.8) is 0 Å². The maximum atomic E-state index is 12.5. The van der Waals surface area contributed by atoms with E-state index in [1.54, 1.807) is 38.1 Å². The van der Waals surface area contributed by atoms with Crippen molar-refractivity contribution in [1.82, 2.24) is 5.17 Å². The summed E-state index contributed by atoms with van der Waals surface area (Å²) >= 11 is 6.24. The molecule has 2 aromatic rings. The predicted molar refractivity (Wildman–Crippen MR) is 97.8 cm³/mol. The molecule has 0 radical (unpaired) electrons. The van der Waals surface area contributed by atoms with Crippen molar-refractivity contribution < 1.29 is 19.5 Å². The summed E-state index contributed by atoms with van der Waals surface area (Å²) in [6, 6.07) is 14.3. The van der Waals surface area contributed by atoms with Gasteiger partial charge >= 0.3 is 6.09 Å². The number of benzene rings is 2. The molecule has 0 spiro atoms. The highest BCUT2D eigenvalue weighted by molar-refractivity contribution is 6.31. The van der Waals surface area contributed by atoms with Gasteiger partial charge in [0.1, 0.15) is 0 Å². The first-order valence-corrected chi connectivity index (χ1v) is 8.51. The van der Waals surface area contributed by atoms with Gasteiger partial charge in [0.15, 0.2) is 0 Å². The lowest BCUT2D eigenvalue weighted by molar-refractivity contribution is -0.163. The Bertz CT molecular complexity index is 853. The molecule has 0 aromatic heterocycles. The molecule has 1 aliphatic heterocycles. The Kier molecular flexibility index (Phi) is 4.89. The molecule has 0 bridgehead atoms. The van der Waals surface area contributed by atoms with Gasteiger partial charge in [0.25, 0.3) is 5.91 Å². The predicted octanol–water partition coefficient (Wildman–Crippen LogP) is 4.13. The van der Waals surface area contributed by atoms with Gasteiger partial charge in [-0.2, -0.15) is 5.01 Å². The maximum absolute atomic E-state index is 12.5. The van der Waals surface area contributed by atoms with E-state index in [-0.39, 0.29) is 6.61 Å². The average Bonchev–Trinajstić information content (AvgIpc) is 2.86. The van der Waals surface area contributed by atoms with Crippen LogP contribution >= 0.6 is 11.6 Å². The fourth-order valence-corrected chi connectivity index (χ4v) is 2.95. The quantitative estimate of drug-likeness (QED) is 0.873. The number of nitrogens with zero attached hydrogens (tertiary/aromatic N) is 2. The second kappa shape index (κ2) is 6.97. The zero-order chi connectivity index (χ0) is 18.9. The minimum absolute atomic E-state index is 0.113. The first-order chi connectivity index (χ1) is 12.3. The van der Waals surface area contributed by atoms with Crippen LogP contribution in [-0.4, -0.2) is 28.9 Å². The molecule has 2 amide bonds. The molecule has 1 N–H and O–H groups in total. The van der Waals surface area contributed by atoms with Crippen molar-refractivity contribution in [2.75, 3.05) is 11.6 Å². The number of hydrogen-bond donors (Lipinski definition) is 1. The number of hydroxylamine groups is 1. The lowest BCUT2D eigenvalue weighted by Gasteiger charge is -2.29. The van der Waals surface area contributed by atoms with Gasteiger partial charge in [-0.1, -0.05) is 48.0 Å². The van der Waals surface area contributed by atoms with Crippen molar-refractivity contribution in [2.24, 2.45) is 5.41 Å². The van der Waals surface area contributed by atoms with Crippen LogP contribution in [-0.2, 0) is 16.1 Å². The van der Waals surface area contributed by atoms with Crippen LogP contribution < -0.4 is 5.01 Å². The van der Waals surface area contributed by atoms with Crippen LogP contribution in [0.4, 0.5) is 10.5 Å². The third-order valence-electron chi connectivity index (χ3n) is 4.22. The van der Waals surface area contributed by atoms with Gasteiger partial charge in [-0.3, -0.25) is 4.79 Å². The molecule has 0 aliphatic carbocycles. The molecular formula is C19H19ClN2O4. The number of carbonyl (C=O) groups excluding carboxylic acids is 1. The zero-order valence-corrected chi connectivity index (χ0v) is 15.2. The van der Waals surface area contributed by atoms with E-state index in [4.69, 9.17) is 16.4 Å². The van der Waals surface area contributed by atoms with Crippen LogP contribution in [0.25, 0.3) is 0 Å². The fourth-order valence-electron chi connectivity index (χ4n) is 2.74. The van der Waals surface area contributed by atoms with E-state index in [1.807, 2.05) is 24.3 Å². The van der Waals surface area contributed by atoms with E-state index < -0.39 is 17.4 Å². The molecule has 1 saturated heterocycles. The fraction of sp³-hybridized carbons (Fsp3) is 0.263. The zero-order valence-electron chi connectivity index (χ0n) is 14.5. The number of rotatable bonds is 4. The number of hydrazine groups is 1. The Morgan fingerprint density at radius 2 is 1.81 bits per heavy atom. The molecule has 1 heterocycles. The molecule has 1 aliphatic rings. The summed E-state index contributed by atoms with van der Waals surface area (Å²) in [7, 11) is 0. The molecule has 0 unspecified atom stereocenters. The number of carbonyl (C=O) groups is 2. The van der Waals surface area contributed by atoms with E-state index in [0.717, 1.165) is 15.7 Å². The SMILES string of the molecule is CC1(C)CON(N(C(=O)O)c2ccccc2Cc2ccccc2Cl)C1=O. The molecule has 1 fully saturated rings. The summed E-state index contributed by atoms with van der Waals surface area (Å²) in [5, 5.41) is 12.0. The normalized spacial score (nSPS) is 16.0. The van der Waals surface area contributed by atoms with E-state index in [9.17, 15) is 14.7 Å². The Morgan fingerprint density at radius 3 is 2.38 bits per heavy atom. The molecule has 0 atom stereocenters. The first-order valence-electron chi connectivity index (χ1n) is 8.13. The van der Waals surface area contributed by atoms with Gasteiger partial charge in [-0.05, 0) is 37.1 Å². The van der Waals surface area contributed by atoms with E-state index >= 15 is 0 Å². The smallest absolute Gasteiger partial charge is 0.433 e. The summed E-state index contributed by atoms with van der Waals surface area (Å²) in [6.07, 6.45) is -0.881. The summed E-state index contributed by atoms with van der Waals surface area (Å²) < 4.78 is 0. The molecule has 26 heavy (non-hydrogen) atoms. The third kappa shape index (κ3) is 3.38. The highest BCUT2D eigenvalue weighted by Crippen LogP contribution is 2.33. The number of anilines is 1. The molecule has 2 aromatic carbocycles. The minimum Gasteiger partial charge on any atom is -0.463 e. The maximum Gasteiger partial charge on any atom is 0.433 e. The second-order valence-electron chi connectivity index (χ2n) is 6.73. The van der Waals surface area contributed by atoms with Crippen LogP contribution in [0.1, 0.15) is 25.0 Å². The summed E-state index contributed by atoms with van der Waals surface area (Å²) in [6.45, 7) is 3.54. The average molecular weight is 375 g/mol. The van der Waals surface area contributed by atoms with Gasteiger partial charge in [0.05, 0.1) is 17.7 Å². The van der Waals surface area contributed by atoms with Crippen LogP contribution in [0, 0.1) is 5.41 Å². The largest absolute Gasteiger partial charge is 0.463 e. The standard InChI is InChI=1S/C19H19ClN2O4/c1-19(2)12-26-22(17(19)23)21(18(24)25)16-10-6-4-8-14(16)11-13-7-3-5-9-15(13)20/h3-10H,11-12H2,1-2H3,(H,24,25). The van der Waals surface area contributed by atoms with Crippen LogP contribution in [0.15, 0.2) is 48.5 Å². The third-order valence-corrected chi connectivity index (χ3v) is 4.59. The van der Waals surface area contributed by atoms with Crippen molar-refractivity contribution in [2.45, 2.75) is 20.3 Å². The highest BCUT2D eigenvalue weighted by atomic mass is 35.5. The summed E-state index contributed by atoms with van der Waals surface area (Å²) in [4.78, 5) is 29.9. The number of carboxylic acid groups (broad SMARTS) is 1. The van der Waals surface area contributed by atoms with Gasteiger partial charge in [0, 0.05) is 11.4 Å². The Labute approximate surface area is 156 Å². The number of hydrogen-bond acceptors (Lipinski definition) is 3. The molecule has 136 valence electrons. The topological polar surface area (TPSA) is 70.1 Å². The van der Waals surface area contributed by atoms with Crippen molar-refractivity contribution in [3.05, 3.63) is 64.7 Å². The van der Waals surface area contributed by atoms with Crippen LogP contribution in [0.3, 0.4) is 0 Å². The molecular weight excluding hydrogens is 356 g/mol.